The summed E-state index contributed by atoms with van der Waals surface area (Å²) in [6.45, 7) is 0. The molecule has 1 aromatic carbocycles. The molecule has 0 unspecified atom stereocenters. The second-order valence-corrected chi connectivity index (χ2v) is 3.13. The Morgan fingerprint density at radius 1 is 1.24 bits per heavy atom. The fourth-order valence-corrected chi connectivity index (χ4v) is 1.13. The zero-order chi connectivity index (χ0) is 13.2. The minimum atomic E-state index is -4.94. The third-order valence-electron chi connectivity index (χ3n) is 1.86. The lowest BCUT2D eigenvalue weighted by molar-refractivity contribution is -0.274. The first-order chi connectivity index (χ1) is 7.70. The monoisotopic (exact) mass is 257 g/mol. The van der Waals surface area contributed by atoms with Crippen LogP contribution >= 0.6 is 0 Å². The SMILES string of the molecule is N[C@@H](c1cc(OC(F)(F)F)ccc1O)C(F)F. The Morgan fingerprint density at radius 2 is 1.82 bits per heavy atom. The molecule has 0 aromatic heterocycles. The molecule has 0 bridgehead atoms. The maximum atomic E-state index is 12.3. The number of phenolic OH excluding ortho intramolecular Hbond substituents is 1. The van der Waals surface area contributed by atoms with Gasteiger partial charge in [-0.2, -0.15) is 0 Å². The fraction of sp³-hybridized carbons (Fsp3) is 0.333. The van der Waals surface area contributed by atoms with Gasteiger partial charge in [-0.1, -0.05) is 0 Å². The Bertz CT molecular complexity index is 393. The van der Waals surface area contributed by atoms with Crippen molar-refractivity contribution >= 4 is 0 Å². The number of halogens is 5. The highest BCUT2D eigenvalue weighted by atomic mass is 19.4. The van der Waals surface area contributed by atoms with Crippen LogP contribution in [0.1, 0.15) is 11.6 Å². The normalized spacial score (nSPS) is 13.8. The smallest absolute Gasteiger partial charge is 0.508 e. The first-order valence-corrected chi connectivity index (χ1v) is 4.33. The Morgan fingerprint density at radius 3 is 2.29 bits per heavy atom. The zero-order valence-corrected chi connectivity index (χ0v) is 8.21. The fourth-order valence-electron chi connectivity index (χ4n) is 1.13. The molecule has 0 saturated heterocycles. The highest BCUT2D eigenvalue weighted by Crippen LogP contribution is 2.32. The van der Waals surface area contributed by atoms with Crippen LogP contribution < -0.4 is 10.5 Å². The van der Waals surface area contributed by atoms with Crippen LogP contribution in [-0.2, 0) is 0 Å². The lowest BCUT2D eigenvalue weighted by Gasteiger charge is -2.15. The van der Waals surface area contributed by atoms with Crippen LogP contribution in [0.5, 0.6) is 11.5 Å². The molecule has 0 saturated carbocycles. The van der Waals surface area contributed by atoms with E-state index in [0.29, 0.717) is 6.07 Å². The number of hydrogen-bond donors (Lipinski definition) is 2. The molecule has 1 aromatic rings. The predicted molar refractivity (Wildman–Crippen MR) is 47.7 cm³/mol. The summed E-state index contributed by atoms with van der Waals surface area (Å²) in [7, 11) is 0. The summed E-state index contributed by atoms with van der Waals surface area (Å²) in [5.74, 6) is -1.34. The molecule has 1 atom stereocenters. The van der Waals surface area contributed by atoms with Crippen LogP contribution in [0, 0.1) is 0 Å². The van der Waals surface area contributed by atoms with Gasteiger partial charge in [-0.25, -0.2) is 8.78 Å². The van der Waals surface area contributed by atoms with E-state index in [2.05, 4.69) is 4.74 Å². The molecule has 0 radical (unpaired) electrons. The van der Waals surface area contributed by atoms with Gasteiger partial charge in [0.25, 0.3) is 6.43 Å². The number of hydrogen-bond acceptors (Lipinski definition) is 3. The van der Waals surface area contributed by atoms with Crippen LogP contribution in [0.2, 0.25) is 0 Å². The Balaban J connectivity index is 3.02. The van der Waals surface area contributed by atoms with Gasteiger partial charge >= 0.3 is 6.36 Å². The summed E-state index contributed by atoms with van der Waals surface area (Å²) < 4.78 is 63.7. The summed E-state index contributed by atoms with van der Waals surface area (Å²) in [6.07, 6.45) is -7.95. The molecule has 0 fully saturated rings. The molecule has 17 heavy (non-hydrogen) atoms. The van der Waals surface area contributed by atoms with E-state index in [0.717, 1.165) is 12.1 Å². The van der Waals surface area contributed by atoms with Crippen molar-refractivity contribution < 1.29 is 31.8 Å². The van der Waals surface area contributed by atoms with E-state index < -0.39 is 35.9 Å². The van der Waals surface area contributed by atoms with Gasteiger partial charge in [-0.15, -0.1) is 13.2 Å². The third-order valence-corrected chi connectivity index (χ3v) is 1.86. The zero-order valence-electron chi connectivity index (χ0n) is 8.21. The van der Waals surface area contributed by atoms with E-state index in [1.54, 1.807) is 0 Å². The summed E-state index contributed by atoms with van der Waals surface area (Å²) in [4.78, 5) is 0. The quantitative estimate of drug-likeness (QED) is 0.818. The van der Waals surface area contributed by atoms with Crippen molar-refractivity contribution in [3.05, 3.63) is 23.8 Å². The lowest BCUT2D eigenvalue weighted by atomic mass is 10.1. The number of benzene rings is 1. The molecular weight excluding hydrogens is 249 g/mol. The molecule has 1 rings (SSSR count). The van der Waals surface area contributed by atoms with Gasteiger partial charge in [0.05, 0.1) is 6.04 Å². The maximum absolute atomic E-state index is 12.3. The van der Waals surface area contributed by atoms with Crippen molar-refractivity contribution in [3.8, 4) is 11.5 Å². The average molecular weight is 257 g/mol. The highest BCUT2D eigenvalue weighted by Gasteiger charge is 2.32. The number of nitrogens with two attached hydrogens (primary N) is 1. The van der Waals surface area contributed by atoms with Crippen LogP contribution in [0.25, 0.3) is 0 Å². The molecule has 3 nitrogen and oxygen atoms in total. The molecule has 8 heteroatoms. The van der Waals surface area contributed by atoms with Gasteiger partial charge in [0.1, 0.15) is 11.5 Å². The number of aromatic hydroxyl groups is 1. The van der Waals surface area contributed by atoms with Gasteiger partial charge in [-0.3, -0.25) is 0 Å². The van der Waals surface area contributed by atoms with E-state index in [1.165, 1.54) is 0 Å². The largest absolute Gasteiger partial charge is 0.573 e. The van der Waals surface area contributed by atoms with Gasteiger partial charge < -0.3 is 15.6 Å². The molecule has 0 aliphatic rings. The van der Waals surface area contributed by atoms with Gasteiger partial charge in [-0.05, 0) is 18.2 Å². The highest BCUT2D eigenvalue weighted by molar-refractivity contribution is 5.41. The van der Waals surface area contributed by atoms with Crippen LogP contribution in [0.4, 0.5) is 22.0 Å². The van der Waals surface area contributed by atoms with Crippen molar-refractivity contribution in [2.45, 2.75) is 18.8 Å². The summed E-state index contributed by atoms with van der Waals surface area (Å²) in [5, 5.41) is 9.20. The van der Waals surface area contributed by atoms with E-state index >= 15 is 0 Å². The second-order valence-electron chi connectivity index (χ2n) is 3.13. The predicted octanol–water partition coefficient (Wildman–Crippen LogP) is 2.56. The molecule has 3 N–H and O–H groups in total. The topological polar surface area (TPSA) is 55.5 Å². The molecule has 0 amide bonds. The lowest BCUT2D eigenvalue weighted by Crippen LogP contribution is -2.20. The van der Waals surface area contributed by atoms with Crippen molar-refractivity contribution in [2.75, 3.05) is 0 Å². The molecule has 96 valence electrons. The first-order valence-electron chi connectivity index (χ1n) is 4.33. The van der Waals surface area contributed by atoms with E-state index in [4.69, 9.17) is 5.73 Å². The molecular formula is C9H8F5NO2. The number of rotatable bonds is 3. The summed E-state index contributed by atoms with van der Waals surface area (Å²) in [6, 6.07) is 0.342. The number of ether oxygens (including phenoxy) is 1. The minimum Gasteiger partial charge on any atom is -0.508 e. The Kier molecular flexibility index (Phi) is 3.76. The van der Waals surface area contributed by atoms with Crippen molar-refractivity contribution in [2.24, 2.45) is 5.73 Å². The summed E-state index contributed by atoms with van der Waals surface area (Å²) in [5.41, 5.74) is 4.51. The third kappa shape index (κ3) is 3.74. The average Bonchev–Trinajstić information content (AvgIpc) is 2.17. The maximum Gasteiger partial charge on any atom is 0.573 e. The Labute approximate surface area is 92.6 Å². The van der Waals surface area contributed by atoms with Gasteiger partial charge in [0, 0.05) is 5.56 Å². The number of phenols is 1. The van der Waals surface area contributed by atoms with Crippen molar-refractivity contribution in [3.63, 3.8) is 0 Å². The standard InChI is InChI=1S/C9H8F5NO2/c10-8(11)7(15)5-3-4(1-2-6(5)16)17-9(12,13)14/h1-3,7-8,16H,15H2/t7-/m0/s1. The van der Waals surface area contributed by atoms with Crippen LogP contribution in [0.15, 0.2) is 18.2 Å². The number of alkyl halides is 5. The molecule has 0 spiro atoms. The van der Waals surface area contributed by atoms with Gasteiger partial charge in [0.2, 0.25) is 0 Å². The van der Waals surface area contributed by atoms with E-state index in [9.17, 15) is 27.1 Å². The van der Waals surface area contributed by atoms with Crippen molar-refractivity contribution in [1.29, 1.82) is 0 Å². The second kappa shape index (κ2) is 4.74. The molecule has 0 aliphatic heterocycles. The van der Waals surface area contributed by atoms with E-state index in [1.807, 2.05) is 0 Å². The van der Waals surface area contributed by atoms with Crippen molar-refractivity contribution in [1.82, 2.24) is 0 Å². The van der Waals surface area contributed by atoms with E-state index in [-0.39, 0.29) is 0 Å². The van der Waals surface area contributed by atoms with Crippen LogP contribution in [-0.4, -0.2) is 17.9 Å². The Hall–Kier alpha value is -1.57. The first kappa shape index (κ1) is 13.5. The molecule has 0 aliphatic carbocycles. The summed E-state index contributed by atoms with van der Waals surface area (Å²) >= 11 is 0. The van der Waals surface area contributed by atoms with Crippen LogP contribution in [0.3, 0.4) is 0 Å². The van der Waals surface area contributed by atoms with Gasteiger partial charge in [0.15, 0.2) is 0 Å². The minimum absolute atomic E-state index is 0.512. The molecule has 0 heterocycles.